The number of pyridine rings is 2. The van der Waals surface area contributed by atoms with Gasteiger partial charge >= 0.3 is 0 Å². The third-order valence-electron chi connectivity index (χ3n) is 6.55. The SMILES string of the molecule is CCCCC(O)Nc1cncc(-c2ccc3[nH]nc(-c4nc5nccc(-c6cccc(F)c6)c5[nH]4)c3c2)c1. The van der Waals surface area contributed by atoms with Gasteiger partial charge in [0.05, 0.1) is 22.9 Å². The molecule has 0 aliphatic carbocycles. The molecule has 0 bridgehead atoms. The number of halogens is 1. The van der Waals surface area contributed by atoms with E-state index in [1.807, 2.05) is 36.4 Å². The monoisotopic (exact) mass is 507 g/mol. The molecule has 0 aliphatic heterocycles. The number of rotatable bonds is 8. The summed E-state index contributed by atoms with van der Waals surface area (Å²) in [5, 5.41) is 21.9. The van der Waals surface area contributed by atoms with Gasteiger partial charge < -0.3 is 15.4 Å². The summed E-state index contributed by atoms with van der Waals surface area (Å²) in [6.07, 6.45) is 7.20. The van der Waals surface area contributed by atoms with Crippen LogP contribution in [0.3, 0.4) is 0 Å². The van der Waals surface area contributed by atoms with Crippen LogP contribution in [0.2, 0.25) is 0 Å². The normalized spacial score (nSPS) is 12.3. The summed E-state index contributed by atoms with van der Waals surface area (Å²) in [6.45, 7) is 2.10. The molecule has 0 fully saturated rings. The number of hydrogen-bond donors (Lipinski definition) is 4. The van der Waals surface area contributed by atoms with Crippen molar-refractivity contribution in [2.24, 2.45) is 0 Å². The van der Waals surface area contributed by atoms with Crippen molar-refractivity contribution in [2.45, 2.75) is 32.4 Å². The first kappa shape index (κ1) is 23.7. The predicted octanol–water partition coefficient (Wildman–Crippen LogP) is 6.29. The molecule has 0 saturated heterocycles. The topological polar surface area (TPSA) is 115 Å². The highest BCUT2D eigenvalue weighted by molar-refractivity contribution is 5.97. The summed E-state index contributed by atoms with van der Waals surface area (Å²) >= 11 is 0. The number of nitrogens with one attached hydrogen (secondary N) is 3. The Morgan fingerprint density at radius 1 is 1.03 bits per heavy atom. The molecule has 6 rings (SSSR count). The molecule has 4 N–H and O–H groups in total. The Bertz CT molecular complexity index is 1740. The van der Waals surface area contributed by atoms with Gasteiger partial charge in [-0.3, -0.25) is 10.1 Å². The molecule has 0 radical (unpaired) electrons. The standard InChI is InChI=1S/C29H26FN7O/c1-2-3-7-25(38)33-21-13-19(15-31-16-21)17-8-9-24-23(14-17)27(37-36-24)29-34-26-22(10-11-32-28(26)35-29)18-5-4-6-20(30)12-18/h4-6,8-16,25,33,38H,2-3,7H2,1H3,(H,36,37)(H,32,34,35). The number of fused-ring (bicyclic) bond motifs is 2. The number of aromatic nitrogens is 6. The van der Waals surface area contributed by atoms with E-state index in [-0.39, 0.29) is 5.82 Å². The lowest BCUT2D eigenvalue weighted by Crippen LogP contribution is -2.18. The van der Waals surface area contributed by atoms with Crippen LogP contribution in [0.4, 0.5) is 10.1 Å². The molecule has 38 heavy (non-hydrogen) atoms. The fourth-order valence-corrected chi connectivity index (χ4v) is 4.63. The van der Waals surface area contributed by atoms with Gasteiger partial charge in [0, 0.05) is 28.9 Å². The van der Waals surface area contributed by atoms with Gasteiger partial charge in [-0.05, 0) is 60.4 Å². The molecule has 2 aromatic carbocycles. The van der Waals surface area contributed by atoms with Crippen LogP contribution < -0.4 is 5.32 Å². The molecule has 1 atom stereocenters. The number of hydrogen-bond acceptors (Lipinski definition) is 6. The molecular formula is C29H26FN7O. The second kappa shape index (κ2) is 10.0. The molecule has 4 aromatic heterocycles. The van der Waals surface area contributed by atoms with E-state index in [1.54, 1.807) is 24.7 Å². The summed E-state index contributed by atoms with van der Waals surface area (Å²) in [7, 11) is 0. The Balaban J connectivity index is 1.37. The molecule has 4 heterocycles. The van der Waals surface area contributed by atoms with E-state index >= 15 is 0 Å². The van der Waals surface area contributed by atoms with Crippen LogP contribution >= 0.6 is 0 Å². The van der Waals surface area contributed by atoms with E-state index in [4.69, 9.17) is 4.98 Å². The number of aliphatic hydroxyl groups excluding tert-OH is 1. The van der Waals surface area contributed by atoms with Crippen molar-refractivity contribution >= 4 is 27.8 Å². The lowest BCUT2D eigenvalue weighted by atomic mass is 10.0. The molecule has 0 saturated carbocycles. The first-order valence-electron chi connectivity index (χ1n) is 12.6. The average molecular weight is 508 g/mol. The number of benzene rings is 2. The van der Waals surface area contributed by atoms with E-state index in [1.165, 1.54) is 12.1 Å². The van der Waals surface area contributed by atoms with Gasteiger partial charge in [0.25, 0.3) is 0 Å². The first-order chi connectivity index (χ1) is 18.6. The smallest absolute Gasteiger partial charge is 0.178 e. The summed E-state index contributed by atoms with van der Waals surface area (Å²) in [5.41, 5.74) is 6.92. The zero-order chi connectivity index (χ0) is 26.1. The zero-order valence-corrected chi connectivity index (χ0v) is 20.7. The Hall–Kier alpha value is -4.63. The Morgan fingerprint density at radius 2 is 1.95 bits per heavy atom. The third kappa shape index (κ3) is 4.59. The maximum atomic E-state index is 13.9. The van der Waals surface area contributed by atoms with Crippen LogP contribution in [0.1, 0.15) is 26.2 Å². The van der Waals surface area contributed by atoms with Gasteiger partial charge in [0.15, 0.2) is 11.5 Å². The van der Waals surface area contributed by atoms with Crippen molar-refractivity contribution in [2.75, 3.05) is 5.32 Å². The van der Waals surface area contributed by atoms with Crippen molar-refractivity contribution in [3.8, 4) is 33.8 Å². The number of aliphatic hydroxyl groups is 1. The van der Waals surface area contributed by atoms with E-state index in [2.05, 4.69) is 37.4 Å². The number of unbranched alkanes of at least 4 members (excludes halogenated alkanes) is 1. The second-order valence-electron chi connectivity index (χ2n) is 9.25. The molecule has 9 heteroatoms. The first-order valence-corrected chi connectivity index (χ1v) is 12.6. The average Bonchev–Trinajstić information content (AvgIpc) is 3.55. The highest BCUT2D eigenvalue weighted by Gasteiger charge is 2.17. The Labute approximate surface area is 218 Å². The summed E-state index contributed by atoms with van der Waals surface area (Å²) in [5.74, 6) is 0.259. The lowest BCUT2D eigenvalue weighted by molar-refractivity contribution is 0.190. The highest BCUT2D eigenvalue weighted by atomic mass is 19.1. The van der Waals surface area contributed by atoms with Crippen LogP contribution in [-0.2, 0) is 0 Å². The van der Waals surface area contributed by atoms with Gasteiger partial charge in [-0.2, -0.15) is 5.10 Å². The van der Waals surface area contributed by atoms with Crippen LogP contribution in [0.15, 0.2) is 73.2 Å². The maximum Gasteiger partial charge on any atom is 0.178 e. The molecule has 0 aliphatic rings. The largest absolute Gasteiger partial charge is 0.374 e. The number of imidazole rings is 1. The van der Waals surface area contributed by atoms with Crippen LogP contribution in [-0.4, -0.2) is 41.5 Å². The van der Waals surface area contributed by atoms with Crippen LogP contribution in [0.25, 0.3) is 55.8 Å². The van der Waals surface area contributed by atoms with Crippen LogP contribution in [0.5, 0.6) is 0 Å². The molecule has 8 nitrogen and oxygen atoms in total. The van der Waals surface area contributed by atoms with Gasteiger partial charge in [0.2, 0.25) is 0 Å². The van der Waals surface area contributed by atoms with Gasteiger partial charge in [-0.25, -0.2) is 14.4 Å². The quantitative estimate of drug-likeness (QED) is 0.180. The number of aromatic amines is 2. The maximum absolute atomic E-state index is 13.9. The highest BCUT2D eigenvalue weighted by Crippen LogP contribution is 2.33. The van der Waals surface area contributed by atoms with E-state index in [0.717, 1.165) is 51.7 Å². The van der Waals surface area contributed by atoms with Crippen molar-refractivity contribution in [3.63, 3.8) is 0 Å². The van der Waals surface area contributed by atoms with Crippen molar-refractivity contribution in [3.05, 3.63) is 79.0 Å². The van der Waals surface area contributed by atoms with Gasteiger partial charge in [-0.1, -0.05) is 31.5 Å². The molecular weight excluding hydrogens is 481 g/mol. The van der Waals surface area contributed by atoms with Crippen molar-refractivity contribution in [1.82, 2.24) is 30.1 Å². The molecule has 1 unspecified atom stereocenters. The minimum Gasteiger partial charge on any atom is -0.374 e. The fourth-order valence-electron chi connectivity index (χ4n) is 4.63. The van der Waals surface area contributed by atoms with Gasteiger partial charge in [0.1, 0.15) is 17.7 Å². The molecule has 6 aromatic rings. The summed E-state index contributed by atoms with van der Waals surface area (Å²) in [4.78, 5) is 16.8. The van der Waals surface area contributed by atoms with E-state index in [0.29, 0.717) is 29.1 Å². The van der Waals surface area contributed by atoms with Crippen LogP contribution in [0, 0.1) is 5.82 Å². The van der Waals surface area contributed by atoms with Crippen molar-refractivity contribution in [1.29, 1.82) is 0 Å². The summed E-state index contributed by atoms with van der Waals surface area (Å²) < 4.78 is 13.9. The van der Waals surface area contributed by atoms with E-state index < -0.39 is 6.23 Å². The molecule has 0 amide bonds. The third-order valence-corrected chi connectivity index (χ3v) is 6.55. The second-order valence-corrected chi connectivity index (χ2v) is 9.25. The fraction of sp³-hybridized carbons (Fsp3) is 0.172. The number of anilines is 1. The zero-order valence-electron chi connectivity index (χ0n) is 20.7. The Morgan fingerprint density at radius 3 is 2.82 bits per heavy atom. The Kier molecular flexibility index (Phi) is 6.27. The summed E-state index contributed by atoms with van der Waals surface area (Å²) in [6, 6.07) is 16.3. The number of nitrogens with zero attached hydrogens (tertiary/aromatic N) is 4. The number of H-pyrrole nitrogens is 2. The van der Waals surface area contributed by atoms with Gasteiger partial charge in [-0.15, -0.1) is 0 Å². The predicted molar refractivity (Wildman–Crippen MR) is 147 cm³/mol. The minimum absolute atomic E-state index is 0.303. The minimum atomic E-state index is -0.617. The molecule has 190 valence electrons. The molecule has 0 spiro atoms. The lowest BCUT2D eigenvalue weighted by Gasteiger charge is -2.14. The van der Waals surface area contributed by atoms with Crippen molar-refractivity contribution < 1.29 is 9.50 Å². The van der Waals surface area contributed by atoms with E-state index in [9.17, 15) is 9.50 Å².